The van der Waals surface area contributed by atoms with Crippen LogP contribution in [0.1, 0.15) is 68.2 Å². The summed E-state index contributed by atoms with van der Waals surface area (Å²) in [5, 5.41) is 3.36. The Morgan fingerprint density at radius 2 is 1.71 bits per heavy atom. The van der Waals surface area contributed by atoms with Gasteiger partial charge in [0.15, 0.2) is 5.16 Å². The van der Waals surface area contributed by atoms with Gasteiger partial charge in [-0.1, -0.05) is 11.8 Å². The zero-order valence-corrected chi connectivity index (χ0v) is 23.0. The number of hydrogen-bond acceptors (Lipinski definition) is 8. The molecule has 3 rings (SSSR count). The van der Waals surface area contributed by atoms with Gasteiger partial charge in [-0.05, 0) is 74.1 Å². The first kappa shape index (κ1) is 27.7. The summed E-state index contributed by atoms with van der Waals surface area (Å²) in [4.78, 5) is 35.5. The van der Waals surface area contributed by atoms with E-state index in [2.05, 4.69) is 15.3 Å². The van der Waals surface area contributed by atoms with Crippen LogP contribution < -0.4 is 10.8 Å². The van der Waals surface area contributed by atoms with Crippen molar-refractivity contribution < 1.29 is 23.6 Å². The largest absolute Gasteiger partial charge is 0.498 e. The maximum atomic E-state index is 12.7. The van der Waals surface area contributed by atoms with E-state index in [1.165, 1.54) is 0 Å². The molecule has 35 heavy (non-hydrogen) atoms. The lowest BCUT2D eigenvalue weighted by molar-refractivity contribution is -0.134. The number of carbonyl (C=O) groups is 2. The Balaban J connectivity index is 1.41. The highest BCUT2D eigenvalue weighted by molar-refractivity contribution is 7.99. The number of aromatic nitrogens is 2. The lowest BCUT2D eigenvalue weighted by Gasteiger charge is -2.33. The smallest absolute Gasteiger partial charge is 0.444 e. The van der Waals surface area contributed by atoms with Gasteiger partial charge in [-0.25, -0.2) is 14.8 Å². The van der Waals surface area contributed by atoms with Crippen molar-refractivity contribution in [2.45, 2.75) is 96.2 Å². The highest BCUT2D eigenvalue weighted by atomic mass is 32.2. The van der Waals surface area contributed by atoms with Crippen molar-refractivity contribution in [3.8, 4) is 0 Å². The molecule has 2 aliphatic rings. The molecule has 0 aromatic carbocycles. The number of nitrogens with zero attached hydrogens (tertiary/aromatic N) is 3. The maximum Gasteiger partial charge on any atom is 0.498 e. The Hall–Kier alpha value is -1.85. The minimum atomic E-state index is -0.619. The summed E-state index contributed by atoms with van der Waals surface area (Å²) < 4.78 is 17.4. The molecule has 1 atom stereocenters. The second-order valence-electron chi connectivity index (χ2n) is 11.3. The third-order valence-corrected chi connectivity index (χ3v) is 7.76. The van der Waals surface area contributed by atoms with Gasteiger partial charge in [0.1, 0.15) is 11.6 Å². The molecule has 0 bridgehead atoms. The van der Waals surface area contributed by atoms with Crippen molar-refractivity contribution in [1.29, 1.82) is 0 Å². The van der Waals surface area contributed by atoms with Crippen molar-refractivity contribution in [2.75, 3.05) is 18.8 Å². The van der Waals surface area contributed by atoms with Crippen LogP contribution in [-0.2, 0) is 18.8 Å². The number of ether oxygens (including phenoxy) is 1. The number of thioether (sulfide) groups is 1. The number of amides is 2. The van der Waals surface area contributed by atoms with Crippen LogP contribution >= 0.6 is 11.8 Å². The summed E-state index contributed by atoms with van der Waals surface area (Å²) in [6, 6.07) is -0.619. The second-order valence-corrected chi connectivity index (χ2v) is 12.3. The normalized spacial score (nSPS) is 21.0. The lowest BCUT2D eigenvalue weighted by Crippen LogP contribution is -2.50. The summed E-state index contributed by atoms with van der Waals surface area (Å²) in [7, 11) is -0.465. The maximum absolute atomic E-state index is 12.7. The highest BCUT2D eigenvalue weighted by Crippen LogP contribution is 2.36. The van der Waals surface area contributed by atoms with Crippen molar-refractivity contribution in [3.63, 3.8) is 0 Å². The van der Waals surface area contributed by atoms with E-state index < -0.39 is 36.1 Å². The fourth-order valence-electron chi connectivity index (χ4n) is 3.83. The average molecular weight is 506 g/mol. The van der Waals surface area contributed by atoms with E-state index in [1.54, 1.807) is 51.9 Å². The summed E-state index contributed by atoms with van der Waals surface area (Å²) in [5.74, 6) is 1.29. The SMILES string of the molecule is C[C@@H](NC(=O)OC(C)(C)C)C(=O)N1CCC(CSc2ncc(B3OC(C)(C)C(C)(C)O3)cn2)CC1. The molecule has 194 valence electrons. The molecule has 0 saturated carbocycles. The number of nitrogens with one attached hydrogen (secondary N) is 1. The molecular formula is C24H39BN4O5S. The monoisotopic (exact) mass is 506 g/mol. The molecule has 9 nitrogen and oxygen atoms in total. The van der Waals surface area contributed by atoms with Crippen LogP contribution in [0, 0.1) is 5.92 Å². The van der Waals surface area contributed by atoms with Gasteiger partial charge in [0.05, 0.1) is 11.2 Å². The van der Waals surface area contributed by atoms with E-state index in [-0.39, 0.29) is 5.91 Å². The molecule has 11 heteroatoms. The molecule has 2 saturated heterocycles. The predicted octanol–water partition coefficient (Wildman–Crippen LogP) is 3.02. The Morgan fingerprint density at radius 1 is 1.17 bits per heavy atom. The molecule has 1 aromatic rings. The Labute approximate surface area is 213 Å². The third-order valence-electron chi connectivity index (χ3n) is 6.65. The van der Waals surface area contributed by atoms with E-state index in [4.69, 9.17) is 14.0 Å². The van der Waals surface area contributed by atoms with Gasteiger partial charge in [-0.2, -0.15) is 0 Å². The summed E-state index contributed by atoms with van der Waals surface area (Å²) in [6.07, 6.45) is 4.79. The number of rotatable bonds is 6. The first-order valence-electron chi connectivity index (χ1n) is 12.3. The minimum Gasteiger partial charge on any atom is -0.444 e. The second kappa shape index (κ2) is 10.6. The number of hydrogen-bond donors (Lipinski definition) is 1. The van der Waals surface area contributed by atoms with Gasteiger partial charge >= 0.3 is 13.2 Å². The molecule has 0 radical (unpaired) electrons. The molecular weight excluding hydrogens is 467 g/mol. The van der Waals surface area contributed by atoms with E-state index >= 15 is 0 Å². The van der Waals surface area contributed by atoms with Gasteiger partial charge in [-0.3, -0.25) is 4.79 Å². The number of likely N-dealkylation sites (tertiary alicyclic amines) is 1. The Bertz CT molecular complexity index is 882. The summed E-state index contributed by atoms with van der Waals surface area (Å²) >= 11 is 1.63. The van der Waals surface area contributed by atoms with Crippen molar-refractivity contribution >= 4 is 36.3 Å². The molecule has 0 aliphatic carbocycles. The van der Waals surface area contributed by atoms with Crippen LogP contribution in [0.5, 0.6) is 0 Å². The molecule has 0 unspecified atom stereocenters. The average Bonchev–Trinajstić information content (AvgIpc) is 2.98. The van der Waals surface area contributed by atoms with E-state index in [0.29, 0.717) is 19.0 Å². The fourth-order valence-corrected chi connectivity index (χ4v) is 4.81. The predicted molar refractivity (Wildman–Crippen MR) is 137 cm³/mol. The molecule has 2 fully saturated rings. The van der Waals surface area contributed by atoms with Gasteiger partial charge in [0, 0.05) is 36.7 Å². The fraction of sp³-hybridized carbons (Fsp3) is 0.750. The minimum absolute atomic E-state index is 0.0800. The highest BCUT2D eigenvalue weighted by Gasteiger charge is 2.52. The quantitative estimate of drug-likeness (QED) is 0.357. The van der Waals surface area contributed by atoms with Crippen LogP contribution in [-0.4, -0.2) is 75.7 Å². The zero-order valence-electron chi connectivity index (χ0n) is 22.2. The van der Waals surface area contributed by atoms with Gasteiger partial charge < -0.3 is 24.3 Å². The molecule has 0 spiro atoms. The zero-order chi connectivity index (χ0) is 26.0. The van der Waals surface area contributed by atoms with Crippen LogP contribution in [0.15, 0.2) is 17.6 Å². The van der Waals surface area contributed by atoms with E-state index in [9.17, 15) is 9.59 Å². The number of alkyl carbamates (subject to hydrolysis) is 1. The molecule has 2 amide bonds. The lowest BCUT2D eigenvalue weighted by atomic mass is 9.81. The first-order chi connectivity index (χ1) is 16.2. The van der Waals surface area contributed by atoms with Crippen molar-refractivity contribution in [3.05, 3.63) is 12.4 Å². The molecule has 1 aromatic heterocycles. The van der Waals surface area contributed by atoms with E-state index in [1.807, 2.05) is 32.6 Å². The van der Waals surface area contributed by atoms with Gasteiger partial charge in [-0.15, -0.1) is 0 Å². The van der Waals surface area contributed by atoms with Gasteiger partial charge in [0.25, 0.3) is 0 Å². The van der Waals surface area contributed by atoms with Crippen LogP contribution in [0.4, 0.5) is 4.79 Å². The number of carbonyl (C=O) groups excluding carboxylic acids is 2. The summed E-state index contributed by atoms with van der Waals surface area (Å²) in [5.41, 5.74) is -0.580. The van der Waals surface area contributed by atoms with Crippen LogP contribution in [0.2, 0.25) is 0 Å². The number of piperidine rings is 1. The van der Waals surface area contributed by atoms with Crippen LogP contribution in [0.3, 0.4) is 0 Å². The summed E-state index contributed by atoms with van der Waals surface area (Å²) in [6.45, 7) is 16.5. The standard InChI is InChI=1S/C24H39BN4O5S/c1-16(28-21(31)32-22(2,3)4)19(30)29-11-9-17(10-12-29)15-35-20-26-13-18(14-27-20)25-33-23(5,6)24(7,8)34-25/h13-14,16-17H,9-12,15H2,1-8H3,(H,28,31)/t16-/m1/s1. The van der Waals surface area contributed by atoms with Crippen molar-refractivity contribution in [2.24, 2.45) is 5.92 Å². The molecule has 2 aliphatic heterocycles. The molecule has 1 N–H and O–H groups in total. The Morgan fingerprint density at radius 3 is 2.23 bits per heavy atom. The molecule has 3 heterocycles. The topological polar surface area (TPSA) is 103 Å². The van der Waals surface area contributed by atoms with E-state index in [0.717, 1.165) is 29.2 Å². The Kier molecular flexibility index (Phi) is 8.43. The third kappa shape index (κ3) is 7.33. The van der Waals surface area contributed by atoms with Crippen molar-refractivity contribution in [1.82, 2.24) is 20.2 Å². The van der Waals surface area contributed by atoms with Crippen LogP contribution in [0.25, 0.3) is 0 Å². The first-order valence-corrected chi connectivity index (χ1v) is 13.2. The van der Waals surface area contributed by atoms with Gasteiger partial charge in [0.2, 0.25) is 5.91 Å².